The van der Waals surface area contributed by atoms with E-state index in [0.29, 0.717) is 11.3 Å². The summed E-state index contributed by atoms with van der Waals surface area (Å²) in [4.78, 5) is 23.8. The molecule has 114 valence electrons. The number of anilines is 2. The molecule has 0 fully saturated rings. The van der Waals surface area contributed by atoms with Crippen LogP contribution in [0.2, 0.25) is 0 Å². The molecule has 0 aliphatic rings. The van der Waals surface area contributed by atoms with Crippen LogP contribution < -0.4 is 10.6 Å². The van der Waals surface area contributed by atoms with Crippen LogP contribution in [0.3, 0.4) is 0 Å². The summed E-state index contributed by atoms with van der Waals surface area (Å²) in [6.45, 7) is 3.87. The maximum Gasteiger partial charge on any atom is 0.339 e. The minimum atomic E-state index is -0.498. The lowest BCUT2D eigenvalue weighted by Gasteiger charge is -2.12. The Labute approximate surface area is 129 Å². The molecule has 0 bridgehead atoms. The summed E-state index contributed by atoms with van der Waals surface area (Å²) < 4.78 is 4.70. The van der Waals surface area contributed by atoms with Crippen molar-refractivity contribution in [1.29, 1.82) is 0 Å². The van der Waals surface area contributed by atoms with Crippen LogP contribution in [-0.4, -0.2) is 19.1 Å². The van der Waals surface area contributed by atoms with E-state index in [1.165, 1.54) is 7.11 Å². The predicted octanol–water partition coefficient (Wildman–Crippen LogP) is 3.73. The third-order valence-electron chi connectivity index (χ3n) is 3.22. The average Bonchev–Trinajstić information content (AvgIpc) is 2.50. The van der Waals surface area contributed by atoms with Crippen molar-refractivity contribution in [3.8, 4) is 0 Å². The number of rotatable bonds is 3. The lowest BCUT2D eigenvalue weighted by atomic mass is 10.1. The van der Waals surface area contributed by atoms with Crippen molar-refractivity contribution in [2.45, 2.75) is 13.8 Å². The highest BCUT2D eigenvalue weighted by atomic mass is 16.5. The van der Waals surface area contributed by atoms with Crippen LogP contribution in [0.4, 0.5) is 16.2 Å². The van der Waals surface area contributed by atoms with Crippen molar-refractivity contribution in [2.24, 2.45) is 0 Å². The van der Waals surface area contributed by atoms with Crippen LogP contribution in [0.25, 0.3) is 0 Å². The zero-order valence-corrected chi connectivity index (χ0v) is 12.8. The first kappa shape index (κ1) is 15.6. The summed E-state index contributed by atoms with van der Waals surface area (Å²) in [5.41, 5.74) is 3.45. The number of hydrogen-bond donors (Lipinski definition) is 2. The van der Waals surface area contributed by atoms with E-state index in [0.717, 1.165) is 16.8 Å². The highest BCUT2D eigenvalue weighted by molar-refractivity contribution is 6.05. The van der Waals surface area contributed by atoms with Crippen molar-refractivity contribution >= 4 is 23.4 Å². The van der Waals surface area contributed by atoms with E-state index in [2.05, 4.69) is 10.6 Å². The van der Waals surface area contributed by atoms with Crippen LogP contribution in [0.1, 0.15) is 21.5 Å². The smallest absolute Gasteiger partial charge is 0.339 e. The largest absolute Gasteiger partial charge is 0.465 e. The maximum atomic E-state index is 12.1. The van der Waals surface area contributed by atoms with Crippen molar-refractivity contribution in [2.75, 3.05) is 17.7 Å². The molecule has 0 saturated carbocycles. The van der Waals surface area contributed by atoms with Gasteiger partial charge in [0.15, 0.2) is 0 Å². The Kier molecular flexibility index (Phi) is 4.78. The molecule has 2 amide bonds. The van der Waals surface area contributed by atoms with Crippen LogP contribution in [0, 0.1) is 13.8 Å². The van der Waals surface area contributed by atoms with Gasteiger partial charge in [-0.15, -0.1) is 0 Å². The van der Waals surface area contributed by atoms with E-state index >= 15 is 0 Å². The van der Waals surface area contributed by atoms with Gasteiger partial charge in [0.05, 0.1) is 18.4 Å². The molecule has 0 aliphatic carbocycles. The maximum absolute atomic E-state index is 12.1. The van der Waals surface area contributed by atoms with Crippen LogP contribution >= 0.6 is 0 Å². The number of carbonyl (C=O) groups is 2. The molecule has 5 heteroatoms. The molecular weight excluding hydrogens is 280 g/mol. The number of amides is 2. The van der Waals surface area contributed by atoms with Gasteiger partial charge in [-0.25, -0.2) is 9.59 Å². The van der Waals surface area contributed by atoms with Gasteiger partial charge in [-0.2, -0.15) is 0 Å². The van der Waals surface area contributed by atoms with Gasteiger partial charge in [0.2, 0.25) is 0 Å². The number of nitrogens with one attached hydrogen (secondary N) is 2. The third kappa shape index (κ3) is 3.63. The first-order chi connectivity index (χ1) is 10.5. The highest BCUT2D eigenvalue weighted by Gasteiger charge is 2.13. The summed E-state index contributed by atoms with van der Waals surface area (Å²) in [5, 5.41) is 5.45. The fraction of sp³-hybridized carbons (Fsp3) is 0.176. The molecule has 0 radical (unpaired) electrons. The fourth-order valence-electron chi connectivity index (χ4n) is 2.03. The van der Waals surface area contributed by atoms with Crippen molar-refractivity contribution in [3.05, 3.63) is 59.2 Å². The van der Waals surface area contributed by atoms with Crippen molar-refractivity contribution in [3.63, 3.8) is 0 Å². The van der Waals surface area contributed by atoms with E-state index in [9.17, 15) is 9.59 Å². The Hall–Kier alpha value is -2.82. The summed E-state index contributed by atoms with van der Waals surface area (Å²) in [7, 11) is 1.30. The summed E-state index contributed by atoms with van der Waals surface area (Å²) in [6.07, 6.45) is 0. The third-order valence-corrected chi connectivity index (χ3v) is 3.22. The molecule has 2 N–H and O–H groups in total. The van der Waals surface area contributed by atoms with E-state index in [1.54, 1.807) is 24.3 Å². The Balaban J connectivity index is 2.16. The summed E-state index contributed by atoms with van der Waals surface area (Å²) in [5.74, 6) is -0.498. The quantitative estimate of drug-likeness (QED) is 0.848. The van der Waals surface area contributed by atoms with Gasteiger partial charge in [-0.3, -0.25) is 0 Å². The zero-order chi connectivity index (χ0) is 16.1. The molecule has 0 heterocycles. The highest BCUT2D eigenvalue weighted by Crippen LogP contribution is 2.19. The zero-order valence-electron chi connectivity index (χ0n) is 12.8. The monoisotopic (exact) mass is 298 g/mol. The van der Waals surface area contributed by atoms with Gasteiger partial charge in [0.25, 0.3) is 0 Å². The number of para-hydroxylation sites is 1. The second-order valence-corrected chi connectivity index (χ2v) is 4.93. The molecule has 0 atom stereocenters. The van der Waals surface area contributed by atoms with Crippen LogP contribution in [-0.2, 0) is 4.74 Å². The number of hydrogen-bond acceptors (Lipinski definition) is 3. The van der Waals surface area contributed by atoms with E-state index < -0.39 is 12.0 Å². The molecule has 0 spiro atoms. The van der Waals surface area contributed by atoms with E-state index in [4.69, 9.17) is 4.74 Å². The lowest BCUT2D eigenvalue weighted by Crippen LogP contribution is -2.21. The second-order valence-electron chi connectivity index (χ2n) is 4.93. The van der Waals surface area contributed by atoms with Gasteiger partial charge in [-0.05, 0) is 43.2 Å². The standard InChI is InChI=1S/C17H18N2O3/c1-11-8-9-12(2)15(10-11)19-17(21)18-14-7-5-4-6-13(14)16(20)22-3/h4-10H,1-3H3,(H2,18,19,21). The SMILES string of the molecule is COC(=O)c1ccccc1NC(=O)Nc1cc(C)ccc1C. The number of ether oxygens (including phenoxy) is 1. The average molecular weight is 298 g/mol. The predicted molar refractivity (Wildman–Crippen MR) is 86.3 cm³/mol. The molecule has 2 aromatic rings. The van der Waals surface area contributed by atoms with Crippen LogP contribution in [0.15, 0.2) is 42.5 Å². The number of aryl methyl sites for hydroxylation is 2. The van der Waals surface area contributed by atoms with Gasteiger partial charge in [-0.1, -0.05) is 24.3 Å². The number of benzene rings is 2. The van der Waals surface area contributed by atoms with Gasteiger partial charge < -0.3 is 15.4 Å². The number of carbonyl (C=O) groups excluding carboxylic acids is 2. The normalized spacial score (nSPS) is 9.95. The van der Waals surface area contributed by atoms with Crippen molar-refractivity contribution < 1.29 is 14.3 Å². The molecule has 5 nitrogen and oxygen atoms in total. The summed E-state index contributed by atoms with van der Waals surface area (Å²) >= 11 is 0. The molecule has 0 aromatic heterocycles. The molecule has 22 heavy (non-hydrogen) atoms. The number of urea groups is 1. The minimum Gasteiger partial charge on any atom is -0.465 e. The van der Waals surface area contributed by atoms with Gasteiger partial charge in [0, 0.05) is 5.69 Å². The first-order valence-corrected chi connectivity index (χ1v) is 6.84. The minimum absolute atomic E-state index is 0.307. The number of esters is 1. The molecule has 0 aliphatic heterocycles. The molecule has 2 aromatic carbocycles. The van der Waals surface area contributed by atoms with E-state index in [1.807, 2.05) is 32.0 Å². The Morgan fingerprint density at radius 2 is 1.64 bits per heavy atom. The Bertz CT molecular complexity index is 711. The van der Waals surface area contributed by atoms with Crippen molar-refractivity contribution in [1.82, 2.24) is 0 Å². The topological polar surface area (TPSA) is 67.4 Å². The van der Waals surface area contributed by atoms with E-state index in [-0.39, 0.29) is 0 Å². The Morgan fingerprint density at radius 3 is 2.36 bits per heavy atom. The fourth-order valence-corrected chi connectivity index (χ4v) is 2.03. The van der Waals surface area contributed by atoms with Gasteiger partial charge in [0.1, 0.15) is 0 Å². The lowest BCUT2D eigenvalue weighted by molar-refractivity contribution is 0.0602. The number of methoxy groups -OCH3 is 1. The molecule has 0 unspecified atom stereocenters. The molecule has 0 saturated heterocycles. The Morgan fingerprint density at radius 1 is 0.955 bits per heavy atom. The molecular formula is C17H18N2O3. The first-order valence-electron chi connectivity index (χ1n) is 6.84. The summed E-state index contributed by atoms with van der Waals surface area (Å²) in [6, 6.07) is 12.1. The second kappa shape index (κ2) is 6.76. The van der Waals surface area contributed by atoms with Gasteiger partial charge >= 0.3 is 12.0 Å². The molecule has 2 rings (SSSR count). The van der Waals surface area contributed by atoms with Crippen LogP contribution in [0.5, 0.6) is 0 Å².